The van der Waals surface area contributed by atoms with Crippen molar-refractivity contribution in [3.05, 3.63) is 51.7 Å². The standard InChI is InChI=1S/C14H18N2O2S2/c1-2-12-7-8-19-14(12)9-16-20(17,18)10-11-3-5-13(15)6-4-11/h3-8,16H,2,9-10,15H2,1H3. The Hall–Kier alpha value is -1.37. The minimum atomic E-state index is -3.33. The fourth-order valence-corrected chi connectivity index (χ4v) is 4.00. The topological polar surface area (TPSA) is 72.2 Å². The molecule has 2 rings (SSSR count). The van der Waals surface area contributed by atoms with E-state index >= 15 is 0 Å². The van der Waals surface area contributed by atoms with E-state index in [0.29, 0.717) is 12.2 Å². The Morgan fingerprint density at radius 2 is 1.90 bits per heavy atom. The summed E-state index contributed by atoms with van der Waals surface area (Å²) in [5, 5.41) is 1.99. The zero-order valence-corrected chi connectivity index (χ0v) is 12.9. The number of hydrogen-bond donors (Lipinski definition) is 2. The van der Waals surface area contributed by atoms with E-state index in [2.05, 4.69) is 11.6 Å². The van der Waals surface area contributed by atoms with Gasteiger partial charge in [0, 0.05) is 17.1 Å². The quantitative estimate of drug-likeness (QED) is 0.805. The fourth-order valence-electron chi connectivity index (χ4n) is 1.90. The third-order valence-electron chi connectivity index (χ3n) is 3.01. The zero-order valence-electron chi connectivity index (χ0n) is 11.3. The Labute approximate surface area is 123 Å². The Balaban J connectivity index is 1.99. The zero-order chi connectivity index (χ0) is 14.6. The molecular formula is C14H18N2O2S2. The lowest BCUT2D eigenvalue weighted by Crippen LogP contribution is -2.24. The largest absolute Gasteiger partial charge is 0.399 e. The number of rotatable bonds is 6. The Bertz CT molecular complexity index is 661. The van der Waals surface area contributed by atoms with Gasteiger partial charge in [-0.25, -0.2) is 13.1 Å². The molecule has 0 radical (unpaired) electrons. The molecule has 0 saturated heterocycles. The second kappa shape index (κ2) is 6.39. The first kappa shape index (κ1) is 15.0. The molecule has 0 saturated carbocycles. The highest BCUT2D eigenvalue weighted by molar-refractivity contribution is 7.88. The van der Waals surface area contributed by atoms with Crippen LogP contribution in [0.2, 0.25) is 0 Å². The van der Waals surface area contributed by atoms with Crippen molar-refractivity contribution < 1.29 is 8.42 Å². The molecule has 0 atom stereocenters. The van der Waals surface area contributed by atoms with Crippen molar-refractivity contribution >= 4 is 27.0 Å². The van der Waals surface area contributed by atoms with E-state index in [1.165, 1.54) is 5.56 Å². The van der Waals surface area contributed by atoms with Crippen LogP contribution in [-0.4, -0.2) is 8.42 Å². The van der Waals surface area contributed by atoms with Gasteiger partial charge in [0.2, 0.25) is 10.0 Å². The van der Waals surface area contributed by atoms with Crippen LogP contribution < -0.4 is 10.5 Å². The second-order valence-electron chi connectivity index (χ2n) is 4.54. The molecule has 0 spiro atoms. The van der Waals surface area contributed by atoms with Crippen LogP contribution in [0.15, 0.2) is 35.7 Å². The van der Waals surface area contributed by atoms with Crippen LogP contribution in [0, 0.1) is 0 Å². The predicted octanol–water partition coefficient (Wildman–Crippen LogP) is 2.51. The van der Waals surface area contributed by atoms with Crippen LogP contribution in [-0.2, 0) is 28.7 Å². The van der Waals surface area contributed by atoms with Crippen molar-refractivity contribution in [3.8, 4) is 0 Å². The molecule has 0 fully saturated rings. The van der Waals surface area contributed by atoms with E-state index in [4.69, 9.17) is 5.73 Å². The molecule has 1 heterocycles. The minimum absolute atomic E-state index is 0.0277. The molecule has 6 heteroatoms. The lowest BCUT2D eigenvalue weighted by atomic mass is 10.2. The highest BCUT2D eigenvalue weighted by Crippen LogP contribution is 2.17. The summed E-state index contributed by atoms with van der Waals surface area (Å²) in [6.45, 7) is 2.42. The molecular weight excluding hydrogens is 292 g/mol. The number of nitrogens with one attached hydrogen (secondary N) is 1. The van der Waals surface area contributed by atoms with Crippen LogP contribution in [0.25, 0.3) is 0 Å². The van der Waals surface area contributed by atoms with Gasteiger partial charge in [-0.3, -0.25) is 0 Å². The Kier molecular flexibility index (Phi) is 4.80. The van der Waals surface area contributed by atoms with Crippen LogP contribution in [0.4, 0.5) is 5.69 Å². The van der Waals surface area contributed by atoms with E-state index in [9.17, 15) is 8.42 Å². The summed E-state index contributed by atoms with van der Waals surface area (Å²) in [4.78, 5) is 1.08. The maximum absolute atomic E-state index is 12.0. The summed E-state index contributed by atoms with van der Waals surface area (Å²) in [7, 11) is -3.33. The average Bonchev–Trinajstić information content (AvgIpc) is 2.86. The van der Waals surface area contributed by atoms with Gasteiger partial charge in [0.1, 0.15) is 0 Å². The van der Waals surface area contributed by atoms with Gasteiger partial charge >= 0.3 is 0 Å². The number of thiophene rings is 1. The summed E-state index contributed by atoms with van der Waals surface area (Å²) in [6, 6.07) is 8.92. The molecule has 0 amide bonds. The highest BCUT2D eigenvalue weighted by Gasteiger charge is 2.12. The minimum Gasteiger partial charge on any atom is -0.399 e. The SMILES string of the molecule is CCc1ccsc1CNS(=O)(=O)Cc1ccc(N)cc1. The first-order chi connectivity index (χ1) is 9.50. The molecule has 3 N–H and O–H groups in total. The number of aryl methyl sites for hydroxylation is 1. The molecule has 0 aliphatic carbocycles. The number of nitrogen functional groups attached to an aromatic ring is 1. The van der Waals surface area contributed by atoms with E-state index in [0.717, 1.165) is 16.9 Å². The van der Waals surface area contributed by atoms with Gasteiger partial charge in [-0.1, -0.05) is 19.1 Å². The predicted molar refractivity (Wildman–Crippen MR) is 84.0 cm³/mol. The van der Waals surface area contributed by atoms with Gasteiger partial charge in [0.25, 0.3) is 0 Å². The maximum Gasteiger partial charge on any atom is 0.216 e. The lowest BCUT2D eigenvalue weighted by Gasteiger charge is -2.07. The van der Waals surface area contributed by atoms with Gasteiger partial charge in [-0.2, -0.15) is 0 Å². The molecule has 0 bridgehead atoms. The third-order valence-corrected chi connectivity index (χ3v) is 5.27. The van der Waals surface area contributed by atoms with E-state index in [1.807, 2.05) is 11.4 Å². The van der Waals surface area contributed by atoms with Gasteiger partial charge in [-0.15, -0.1) is 11.3 Å². The van der Waals surface area contributed by atoms with E-state index < -0.39 is 10.0 Å². The van der Waals surface area contributed by atoms with Gasteiger partial charge in [0.05, 0.1) is 5.75 Å². The fraction of sp³-hybridized carbons (Fsp3) is 0.286. The maximum atomic E-state index is 12.0. The van der Waals surface area contributed by atoms with Gasteiger partial charge in [-0.05, 0) is 41.1 Å². The third kappa shape index (κ3) is 4.06. The van der Waals surface area contributed by atoms with Crippen molar-refractivity contribution in [2.24, 2.45) is 0 Å². The number of sulfonamides is 1. The second-order valence-corrected chi connectivity index (χ2v) is 7.35. The van der Waals surface area contributed by atoms with Crippen LogP contribution >= 0.6 is 11.3 Å². The van der Waals surface area contributed by atoms with E-state index in [1.54, 1.807) is 35.6 Å². The van der Waals surface area contributed by atoms with Crippen molar-refractivity contribution in [3.63, 3.8) is 0 Å². The van der Waals surface area contributed by atoms with Crippen LogP contribution in [0.1, 0.15) is 22.9 Å². The van der Waals surface area contributed by atoms with Crippen molar-refractivity contribution in [1.29, 1.82) is 0 Å². The Morgan fingerprint density at radius 1 is 1.20 bits per heavy atom. The molecule has 0 unspecified atom stereocenters. The molecule has 0 aliphatic heterocycles. The van der Waals surface area contributed by atoms with E-state index in [-0.39, 0.29) is 5.75 Å². The summed E-state index contributed by atoms with van der Waals surface area (Å²) >= 11 is 1.58. The molecule has 108 valence electrons. The number of hydrogen-bond acceptors (Lipinski definition) is 4. The molecule has 4 nitrogen and oxygen atoms in total. The average molecular weight is 310 g/mol. The normalized spacial score (nSPS) is 11.7. The Morgan fingerprint density at radius 3 is 2.55 bits per heavy atom. The number of benzene rings is 1. The highest BCUT2D eigenvalue weighted by atomic mass is 32.2. The number of anilines is 1. The monoisotopic (exact) mass is 310 g/mol. The molecule has 20 heavy (non-hydrogen) atoms. The van der Waals surface area contributed by atoms with Crippen molar-refractivity contribution in [2.75, 3.05) is 5.73 Å². The number of nitrogens with two attached hydrogens (primary N) is 1. The van der Waals surface area contributed by atoms with Gasteiger partial charge < -0.3 is 5.73 Å². The molecule has 1 aromatic carbocycles. The van der Waals surface area contributed by atoms with Crippen molar-refractivity contribution in [2.45, 2.75) is 25.6 Å². The van der Waals surface area contributed by atoms with Crippen molar-refractivity contribution in [1.82, 2.24) is 4.72 Å². The summed E-state index contributed by atoms with van der Waals surface area (Å²) in [5.74, 6) is -0.0277. The molecule has 0 aliphatic rings. The first-order valence-electron chi connectivity index (χ1n) is 6.37. The summed E-state index contributed by atoms with van der Waals surface area (Å²) in [6.07, 6.45) is 0.915. The van der Waals surface area contributed by atoms with Gasteiger partial charge in [0.15, 0.2) is 0 Å². The van der Waals surface area contributed by atoms with Crippen LogP contribution in [0.3, 0.4) is 0 Å². The summed E-state index contributed by atoms with van der Waals surface area (Å²) in [5.41, 5.74) is 8.14. The smallest absolute Gasteiger partial charge is 0.216 e. The molecule has 2 aromatic rings. The van der Waals surface area contributed by atoms with Crippen LogP contribution in [0.5, 0.6) is 0 Å². The lowest BCUT2D eigenvalue weighted by molar-refractivity contribution is 0.581. The summed E-state index contributed by atoms with van der Waals surface area (Å²) < 4.78 is 26.7. The molecule has 1 aromatic heterocycles. The first-order valence-corrected chi connectivity index (χ1v) is 8.90.